The molecule has 2 aliphatic heterocycles. The lowest BCUT2D eigenvalue weighted by atomic mass is 9.44. The fraction of sp³-hybridized carbons (Fsp3) is 0.292. The number of hydrogen-bond donors (Lipinski definition) is 0. The van der Waals surface area contributed by atoms with Crippen LogP contribution in [0.4, 0.5) is 0 Å². The van der Waals surface area contributed by atoms with Crippen molar-refractivity contribution in [1.29, 1.82) is 0 Å². The third-order valence-corrected chi connectivity index (χ3v) is 14.5. The Bertz CT molecular complexity index is 3050. The Kier molecular flexibility index (Phi) is 5.82. The van der Waals surface area contributed by atoms with Crippen LogP contribution in [0.1, 0.15) is 77.9 Å². The van der Waals surface area contributed by atoms with E-state index < -0.39 is 0 Å². The van der Waals surface area contributed by atoms with Gasteiger partial charge in [0.05, 0.1) is 11.0 Å². The van der Waals surface area contributed by atoms with Crippen molar-refractivity contribution in [1.82, 2.24) is 9.05 Å². The predicted molar refractivity (Wildman–Crippen MR) is 223 cm³/mol. The van der Waals surface area contributed by atoms with Crippen LogP contribution < -0.4 is 10.9 Å². The molecule has 0 fully saturated rings. The van der Waals surface area contributed by atoms with Crippen molar-refractivity contribution in [3.05, 3.63) is 108 Å². The van der Waals surface area contributed by atoms with Crippen molar-refractivity contribution < 1.29 is 0 Å². The summed E-state index contributed by atoms with van der Waals surface area (Å²) in [5, 5.41) is 8.56. The minimum Gasteiger partial charge on any atom is -0.375 e. The van der Waals surface area contributed by atoms with Gasteiger partial charge in [0, 0.05) is 43.8 Å². The van der Waals surface area contributed by atoms with Gasteiger partial charge in [-0.05, 0) is 221 Å². The van der Waals surface area contributed by atoms with Crippen molar-refractivity contribution in [3.8, 4) is 16.8 Å². The topological polar surface area (TPSA) is 9.86 Å². The van der Waals surface area contributed by atoms with Gasteiger partial charge in [-0.15, -0.1) is 0 Å². The predicted octanol–water partition coefficient (Wildman–Crippen LogP) is 11.3. The molecule has 51 heavy (non-hydrogen) atoms. The molecule has 0 atom stereocenters. The SMILES string of the molecule is Cc1ccc2c(c1)c1cc(C)cc3c1n2B1c2c(C)c(C)c(C)c(C)c2-n2c4c(C)c(C)c(C)c(C)c4c4c5c(C)c(C)c(C)c(C)c5c-3c1c42. The third kappa shape index (κ3) is 3.30. The molecule has 3 heteroatoms. The lowest BCUT2D eigenvalue weighted by Crippen LogP contribution is -2.56. The Morgan fingerprint density at radius 1 is 0.412 bits per heavy atom. The Balaban J connectivity index is 1.67. The van der Waals surface area contributed by atoms with E-state index in [-0.39, 0.29) is 6.85 Å². The number of benzene rings is 6. The number of hydrogen-bond acceptors (Lipinski definition) is 0. The van der Waals surface area contributed by atoms with E-state index in [2.05, 4.69) is 136 Å². The molecular weight excluding hydrogens is 615 g/mol. The van der Waals surface area contributed by atoms with Gasteiger partial charge in [-0.2, -0.15) is 0 Å². The second kappa shape index (κ2) is 9.56. The molecule has 0 amide bonds. The second-order valence-electron chi connectivity index (χ2n) is 16.6. The molecule has 10 rings (SSSR count). The van der Waals surface area contributed by atoms with Gasteiger partial charge in [-0.1, -0.05) is 11.6 Å². The van der Waals surface area contributed by atoms with Gasteiger partial charge in [0.15, 0.2) is 0 Å². The fourth-order valence-corrected chi connectivity index (χ4v) is 10.9. The maximum Gasteiger partial charge on any atom is 0.333 e. The zero-order valence-corrected chi connectivity index (χ0v) is 32.9. The Labute approximate surface area is 302 Å². The van der Waals surface area contributed by atoms with Gasteiger partial charge in [0.2, 0.25) is 0 Å². The van der Waals surface area contributed by atoms with Crippen LogP contribution in [-0.4, -0.2) is 15.9 Å². The standard InChI is InChI=1S/C48H47BN2/c1-20-15-16-37-34(17-20)35-18-21(2)19-36-41-38-28(9)22(3)23(4)29(10)39(38)42-40-30(11)24(5)26(7)32(13)45(40)50-46-33(14)27(8)25(6)31(12)43(46)49(44(41)48(42)50)51(37)47(35)36/h15-19H,1-14H3. The maximum absolute atomic E-state index is 2.77. The number of nitrogens with zero attached hydrogens (tertiary/aromatic N) is 2. The zero-order valence-electron chi connectivity index (χ0n) is 32.9. The Morgan fingerprint density at radius 2 is 0.980 bits per heavy atom. The van der Waals surface area contributed by atoms with Crippen molar-refractivity contribution in [2.45, 2.75) is 96.9 Å². The first-order chi connectivity index (χ1) is 24.2. The molecule has 0 saturated heterocycles. The first kappa shape index (κ1) is 31.0. The average molecular weight is 663 g/mol. The first-order valence-corrected chi connectivity index (χ1v) is 18.8. The minimum atomic E-state index is 0.0544. The van der Waals surface area contributed by atoms with Crippen LogP contribution in [0.25, 0.3) is 71.2 Å². The van der Waals surface area contributed by atoms with E-state index >= 15 is 0 Å². The third-order valence-electron chi connectivity index (χ3n) is 14.5. The van der Waals surface area contributed by atoms with E-state index in [0.717, 1.165) is 0 Å². The zero-order chi connectivity index (χ0) is 36.0. The van der Waals surface area contributed by atoms with Crippen molar-refractivity contribution in [3.63, 3.8) is 0 Å². The van der Waals surface area contributed by atoms with Gasteiger partial charge < -0.3 is 9.05 Å². The summed E-state index contributed by atoms with van der Waals surface area (Å²) in [6, 6.07) is 12.1. The molecule has 0 spiro atoms. The van der Waals surface area contributed by atoms with Gasteiger partial charge in [0.1, 0.15) is 0 Å². The lowest BCUT2D eigenvalue weighted by Gasteiger charge is -2.38. The average Bonchev–Trinajstić information content (AvgIpc) is 3.62. The highest BCUT2D eigenvalue weighted by atomic mass is 15.0. The molecule has 0 radical (unpaired) electrons. The highest BCUT2D eigenvalue weighted by Gasteiger charge is 2.45. The normalized spacial score (nSPS) is 13.3. The van der Waals surface area contributed by atoms with Crippen molar-refractivity contribution >= 4 is 72.2 Å². The second-order valence-corrected chi connectivity index (χ2v) is 16.6. The Hall–Kier alpha value is -4.76. The summed E-state index contributed by atoms with van der Waals surface area (Å²) in [5.41, 5.74) is 32.4. The van der Waals surface area contributed by atoms with Crippen LogP contribution in [-0.2, 0) is 0 Å². The highest BCUT2D eigenvalue weighted by molar-refractivity contribution is 6.91. The van der Waals surface area contributed by atoms with E-state index in [9.17, 15) is 0 Å². The van der Waals surface area contributed by atoms with E-state index in [1.54, 1.807) is 0 Å². The maximum atomic E-state index is 2.77. The Morgan fingerprint density at radius 3 is 1.67 bits per heavy atom. The van der Waals surface area contributed by atoms with Crippen LogP contribution in [0.15, 0.2) is 30.3 Å². The summed E-state index contributed by atoms with van der Waals surface area (Å²) >= 11 is 0. The van der Waals surface area contributed by atoms with Gasteiger partial charge in [-0.25, -0.2) is 0 Å². The molecule has 0 bridgehead atoms. The number of aryl methyl sites for hydroxylation is 6. The quantitative estimate of drug-likeness (QED) is 0.143. The van der Waals surface area contributed by atoms with E-state index in [0.29, 0.717) is 0 Å². The number of rotatable bonds is 0. The number of aromatic nitrogens is 2. The van der Waals surface area contributed by atoms with Crippen LogP contribution in [0.3, 0.4) is 0 Å². The van der Waals surface area contributed by atoms with E-state index in [4.69, 9.17) is 0 Å². The largest absolute Gasteiger partial charge is 0.375 e. The molecule has 252 valence electrons. The van der Waals surface area contributed by atoms with E-state index in [1.807, 2.05) is 0 Å². The molecule has 0 saturated carbocycles. The highest BCUT2D eigenvalue weighted by Crippen LogP contribution is 2.52. The summed E-state index contributed by atoms with van der Waals surface area (Å²) in [7, 11) is 0. The summed E-state index contributed by atoms with van der Waals surface area (Å²) in [4.78, 5) is 0. The minimum absolute atomic E-state index is 0.0544. The fourth-order valence-electron chi connectivity index (χ4n) is 10.9. The molecule has 0 unspecified atom stereocenters. The molecule has 2 nitrogen and oxygen atoms in total. The smallest absolute Gasteiger partial charge is 0.333 e. The summed E-state index contributed by atoms with van der Waals surface area (Å²) < 4.78 is 5.54. The monoisotopic (exact) mass is 662 g/mol. The molecular formula is C48H47BN2. The number of fused-ring (bicyclic) bond motifs is 14. The van der Waals surface area contributed by atoms with Crippen molar-refractivity contribution in [2.75, 3.05) is 0 Å². The van der Waals surface area contributed by atoms with Gasteiger partial charge in [-0.3, -0.25) is 0 Å². The molecule has 2 aliphatic rings. The van der Waals surface area contributed by atoms with Gasteiger partial charge in [0.25, 0.3) is 0 Å². The molecule has 0 N–H and O–H groups in total. The summed E-state index contributed by atoms with van der Waals surface area (Å²) in [6.07, 6.45) is 0. The van der Waals surface area contributed by atoms with Crippen molar-refractivity contribution in [2.24, 2.45) is 0 Å². The molecule has 2 aromatic heterocycles. The van der Waals surface area contributed by atoms with Crippen LogP contribution in [0, 0.1) is 96.9 Å². The molecule has 0 aliphatic carbocycles. The lowest BCUT2D eigenvalue weighted by molar-refractivity contribution is 1.09. The van der Waals surface area contributed by atoms with Crippen LogP contribution in [0.5, 0.6) is 0 Å². The molecule has 8 aromatic rings. The van der Waals surface area contributed by atoms with E-state index in [1.165, 1.54) is 160 Å². The van der Waals surface area contributed by atoms with Crippen LogP contribution in [0.2, 0.25) is 0 Å². The molecule has 4 heterocycles. The van der Waals surface area contributed by atoms with Gasteiger partial charge >= 0.3 is 6.85 Å². The first-order valence-electron chi connectivity index (χ1n) is 18.8. The summed E-state index contributed by atoms with van der Waals surface area (Å²) in [6.45, 7) is 33.1. The van der Waals surface area contributed by atoms with Crippen LogP contribution >= 0.6 is 0 Å². The summed E-state index contributed by atoms with van der Waals surface area (Å²) in [5.74, 6) is 0. The molecule has 6 aromatic carbocycles.